The summed E-state index contributed by atoms with van der Waals surface area (Å²) in [5.41, 5.74) is 10.9. The van der Waals surface area contributed by atoms with Crippen molar-refractivity contribution in [1.82, 2.24) is 15.0 Å². The number of hydrogen-bond acceptors (Lipinski definition) is 4. The summed E-state index contributed by atoms with van der Waals surface area (Å²) >= 11 is 0. The van der Waals surface area contributed by atoms with Crippen LogP contribution in [0.5, 0.6) is 0 Å². The van der Waals surface area contributed by atoms with Crippen LogP contribution in [0.15, 0.2) is 217 Å². The van der Waals surface area contributed by atoms with Crippen LogP contribution in [0.1, 0.15) is 35.0 Å². The zero-order chi connectivity index (χ0) is 38.9. The molecule has 2 heterocycles. The minimum Gasteiger partial charge on any atom is -0.456 e. The summed E-state index contributed by atoms with van der Waals surface area (Å²) in [5.74, 6) is 2.11. The highest BCUT2D eigenvalue weighted by atomic mass is 16.3. The van der Waals surface area contributed by atoms with Gasteiger partial charge >= 0.3 is 0 Å². The number of benzene rings is 7. The molecule has 0 bridgehead atoms. The van der Waals surface area contributed by atoms with Gasteiger partial charge < -0.3 is 4.42 Å². The monoisotopic (exact) mass is 745 g/mol. The first-order valence-corrected chi connectivity index (χ1v) is 19.8. The molecule has 0 saturated heterocycles. The standard InChI is InChI=1S/C54H39N3O/c1-37-17-14-15-20-41(35-37)52-55-51(39-18-6-2-7-19-39)56-53(57-52)46-27-16-28-49-50(46)47-36-40(31-34-48(47)58-49)38-29-32-45(33-30-38)54(42-21-8-3-9-22-42,43-23-10-4-11-24-43)44-25-12-5-13-26-44/h2-37H,1H3/t37-/m0/s1. The number of hydrogen-bond donors (Lipinski definition) is 0. The zero-order valence-electron chi connectivity index (χ0n) is 32.0. The van der Waals surface area contributed by atoms with E-state index in [-0.39, 0.29) is 5.92 Å². The van der Waals surface area contributed by atoms with Crippen molar-refractivity contribution >= 4 is 27.5 Å². The number of fused-ring (bicyclic) bond motifs is 3. The van der Waals surface area contributed by atoms with Crippen molar-refractivity contribution in [2.24, 2.45) is 5.92 Å². The van der Waals surface area contributed by atoms with E-state index in [2.05, 4.69) is 171 Å². The van der Waals surface area contributed by atoms with Gasteiger partial charge in [0.1, 0.15) is 11.2 Å². The van der Waals surface area contributed by atoms with E-state index in [1.807, 2.05) is 48.5 Å². The van der Waals surface area contributed by atoms with E-state index in [0.717, 1.165) is 49.8 Å². The van der Waals surface area contributed by atoms with E-state index in [9.17, 15) is 0 Å². The van der Waals surface area contributed by atoms with E-state index < -0.39 is 5.41 Å². The molecular formula is C54H39N3O. The smallest absolute Gasteiger partial charge is 0.164 e. The molecule has 0 spiro atoms. The largest absolute Gasteiger partial charge is 0.456 e. The molecule has 0 amide bonds. The molecule has 4 nitrogen and oxygen atoms in total. The van der Waals surface area contributed by atoms with Crippen LogP contribution in [-0.2, 0) is 5.41 Å². The first-order chi connectivity index (χ1) is 28.6. The van der Waals surface area contributed by atoms with E-state index >= 15 is 0 Å². The average molecular weight is 746 g/mol. The minimum absolute atomic E-state index is 0.241. The Hall–Kier alpha value is -7.43. The summed E-state index contributed by atoms with van der Waals surface area (Å²) in [6.07, 6.45) is 10.6. The first-order valence-electron chi connectivity index (χ1n) is 19.8. The number of rotatable bonds is 8. The highest BCUT2D eigenvalue weighted by Gasteiger charge is 2.38. The van der Waals surface area contributed by atoms with Crippen LogP contribution in [0.25, 0.3) is 61.4 Å². The highest BCUT2D eigenvalue weighted by Crippen LogP contribution is 2.46. The van der Waals surface area contributed by atoms with Gasteiger partial charge in [-0.3, -0.25) is 0 Å². The van der Waals surface area contributed by atoms with Crippen molar-refractivity contribution in [3.8, 4) is 33.9 Å². The molecule has 1 aliphatic carbocycles. The lowest BCUT2D eigenvalue weighted by molar-refractivity contribution is 0.669. The van der Waals surface area contributed by atoms with Crippen LogP contribution in [0.3, 0.4) is 0 Å². The fourth-order valence-electron chi connectivity index (χ4n) is 8.45. The molecule has 276 valence electrons. The summed E-state index contributed by atoms with van der Waals surface area (Å²) in [6, 6.07) is 64.3. The topological polar surface area (TPSA) is 51.8 Å². The summed E-state index contributed by atoms with van der Waals surface area (Å²) in [6.45, 7) is 2.17. The molecule has 4 heteroatoms. The van der Waals surface area contributed by atoms with Crippen molar-refractivity contribution in [1.29, 1.82) is 0 Å². The second-order valence-electron chi connectivity index (χ2n) is 14.8. The van der Waals surface area contributed by atoms with Crippen LogP contribution in [0.4, 0.5) is 0 Å². The SMILES string of the molecule is C[C@H]1C=CC=CC(c2nc(-c3ccccc3)nc(-c3cccc4oc5ccc(-c6ccc(C(c7ccccc7)(c7ccccc7)c7ccccc7)cc6)cc5c34)n2)=C1. The summed E-state index contributed by atoms with van der Waals surface area (Å²) in [5, 5.41) is 1.98. The van der Waals surface area contributed by atoms with Gasteiger partial charge in [-0.2, -0.15) is 0 Å². The van der Waals surface area contributed by atoms with Crippen molar-refractivity contribution < 1.29 is 4.42 Å². The van der Waals surface area contributed by atoms with E-state index in [1.54, 1.807) is 0 Å². The fourth-order valence-corrected chi connectivity index (χ4v) is 8.45. The second kappa shape index (κ2) is 14.9. The molecule has 1 aliphatic rings. The maximum atomic E-state index is 6.51. The molecule has 10 rings (SSSR count). The van der Waals surface area contributed by atoms with Gasteiger partial charge in [-0.1, -0.05) is 201 Å². The predicted octanol–water partition coefficient (Wildman–Crippen LogP) is 13.3. The van der Waals surface area contributed by atoms with Gasteiger partial charge in [0, 0.05) is 27.5 Å². The Morgan fingerprint density at radius 1 is 0.466 bits per heavy atom. The average Bonchev–Trinajstić information content (AvgIpc) is 3.53. The van der Waals surface area contributed by atoms with Gasteiger partial charge in [0.15, 0.2) is 17.5 Å². The lowest BCUT2D eigenvalue weighted by Gasteiger charge is -2.37. The van der Waals surface area contributed by atoms with Crippen molar-refractivity contribution in [2.45, 2.75) is 12.3 Å². The van der Waals surface area contributed by atoms with E-state index in [1.165, 1.54) is 22.3 Å². The van der Waals surface area contributed by atoms with Crippen molar-refractivity contribution in [2.75, 3.05) is 0 Å². The van der Waals surface area contributed by atoms with Crippen molar-refractivity contribution in [3.63, 3.8) is 0 Å². The Bertz CT molecular complexity index is 2890. The normalized spacial score (nSPS) is 14.1. The number of aromatic nitrogens is 3. The molecule has 0 saturated carbocycles. The van der Waals surface area contributed by atoms with E-state index in [0.29, 0.717) is 17.5 Å². The minimum atomic E-state index is -0.513. The summed E-state index contributed by atoms with van der Waals surface area (Å²) < 4.78 is 6.51. The van der Waals surface area contributed by atoms with Crippen molar-refractivity contribution in [3.05, 3.63) is 240 Å². The third kappa shape index (κ3) is 6.25. The molecule has 2 aromatic heterocycles. The zero-order valence-corrected chi connectivity index (χ0v) is 32.0. The number of nitrogens with zero attached hydrogens (tertiary/aromatic N) is 3. The molecule has 0 aliphatic heterocycles. The Morgan fingerprint density at radius 3 is 1.69 bits per heavy atom. The second-order valence-corrected chi connectivity index (χ2v) is 14.8. The predicted molar refractivity (Wildman–Crippen MR) is 237 cm³/mol. The van der Waals surface area contributed by atoms with Gasteiger partial charge in [0.2, 0.25) is 0 Å². The van der Waals surface area contributed by atoms with Gasteiger partial charge in [-0.25, -0.2) is 15.0 Å². The van der Waals surface area contributed by atoms with Crippen LogP contribution >= 0.6 is 0 Å². The Morgan fingerprint density at radius 2 is 1.03 bits per heavy atom. The Balaban J connectivity index is 1.11. The van der Waals surface area contributed by atoms with Crippen LogP contribution in [-0.4, -0.2) is 15.0 Å². The molecule has 0 unspecified atom stereocenters. The molecule has 7 aromatic carbocycles. The Kier molecular flexibility index (Phi) is 9.00. The molecule has 9 aromatic rings. The summed E-state index contributed by atoms with van der Waals surface area (Å²) in [7, 11) is 0. The molecule has 1 atom stereocenters. The first kappa shape index (κ1) is 35.0. The summed E-state index contributed by atoms with van der Waals surface area (Å²) in [4.78, 5) is 15.2. The molecule has 0 fully saturated rings. The van der Waals surface area contributed by atoms with Gasteiger partial charge in [0.25, 0.3) is 0 Å². The molecular weight excluding hydrogens is 707 g/mol. The maximum absolute atomic E-state index is 6.51. The lowest BCUT2D eigenvalue weighted by Crippen LogP contribution is -2.30. The molecule has 58 heavy (non-hydrogen) atoms. The third-order valence-electron chi connectivity index (χ3n) is 11.2. The number of allylic oxidation sites excluding steroid dienone is 6. The third-order valence-corrected chi connectivity index (χ3v) is 11.2. The lowest BCUT2D eigenvalue weighted by atomic mass is 9.65. The van der Waals surface area contributed by atoms with Crippen LogP contribution < -0.4 is 0 Å². The van der Waals surface area contributed by atoms with Gasteiger partial charge in [-0.15, -0.1) is 0 Å². The quantitative estimate of drug-likeness (QED) is 0.145. The molecule has 0 N–H and O–H groups in total. The van der Waals surface area contributed by atoms with Gasteiger partial charge in [0.05, 0.1) is 5.41 Å². The van der Waals surface area contributed by atoms with Gasteiger partial charge in [-0.05, 0) is 57.5 Å². The molecule has 0 radical (unpaired) electrons. The van der Waals surface area contributed by atoms with Crippen LogP contribution in [0, 0.1) is 5.92 Å². The highest BCUT2D eigenvalue weighted by molar-refractivity contribution is 6.12. The van der Waals surface area contributed by atoms with Crippen LogP contribution in [0.2, 0.25) is 0 Å². The Labute approximate surface area is 338 Å². The van der Waals surface area contributed by atoms with E-state index in [4.69, 9.17) is 19.4 Å². The fraction of sp³-hybridized carbons (Fsp3) is 0.0556. The number of furan rings is 1. The maximum Gasteiger partial charge on any atom is 0.164 e.